The minimum Gasteiger partial charge on any atom is -0.310 e. The van der Waals surface area contributed by atoms with E-state index in [9.17, 15) is 0 Å². The van der Waals surface area contributed by atoms with Gasteiger partial charge in [0.1, 0.15) is 0 Å². The largest absolute Gasteiger partial charge is 0.310 e. The van der Waals surface area contributed by atoms with Gasteiger partial charge in [-0.05, 0) is 199 Å². The van der Waals surface area contributed by atoms with Crippen LogP contribution in [0.25, 0.3) is 138 Å². The van der Waals surface area contributed by atoms with E-state index in [2.05, 4.69) is 362 Å². The second kappa shape index (κ2) is 20.4. The maximum Gasteiger partial charge on any atom is 0.0547 e. The first-order valence-electron chi connectivity index (χ1n) is 32.9. The van der Waals surface area contributed by atoms with Crippen LogP contribution in [0.4, 0.5) is 17.1 Å². The minimum absolute atomic E-state index is 0.286. The number of aromatic nitrogens is 3. The van der Waals surface area contributed by atoms with Gasteiger partial charge in [-0.25, -0.2) is 0 Å². The summed E-state index contributed by atoms with van der Waals surface area (Å²) < 4.78 is 7.24. The van der Waals surface area contributed by atoms with Gasteiger partial charge in [0.15, 0.2) is 0 Å². The van der Waals surface area contributed by atoms with Crippen molar-refractivity contribution in [2.75, 3.05) is 4.90 Å². The highest BCUT2D eigenvalue weighted by Crippen LogP contribution is 2.55. The summed E-state index contributed by atoms with van der Waals surface area (Å²) >= 11 is 0. The number of hydrogen-bond donors (Lipinski definition) is 0. The molecule has 14 aromatic carbocycles. The van der Waals surface area contributed by atoms with Crippen LogP contribution in [-0.2, 0) is 10.8 Å². The lowest BCUT2D eigenvalue weighted by molar-refractivity contribution is 0.659. The molecule has 0 N–H and O–H groups in total. The zero-order valence-electron chi connectivity index (χ0n) is 52.8. The summed E-state index contributed by atoms with van der Waals surface area (Å²) in [5, 5.41) is 7.57. The lowest BCUT2D eigenvalue weighted by Gasteiger charge is -2.30. The van der Waals surface area contributed by atoms with Crippen molar-refractivity contribution in [3.05, 3.63) is 338 Å². The highest BCUT2D eigenvalue weighted by Gasteiger charge is 2.39. The van der Waals surface area contributed by atoms with Crippen molar-refractivity contribution in [1.29, 1.82) is 0 Å². The summed E-state index contributed by atoms with van der Waals surface area (Å²) in [6.07, 6.45) is 0. The Morgan fingerprint density at radius 2 is 0.543 bits per heavy atom. The van der Waals surface area contributed by atoms with Crippen LogP contribution in [-0.4, -0.2) is 13.7 Å². The average Bonchev–Trinajstić information content (AvgIpc) is 1.45. The first-order valence-corrected chi connectivity index (χ1v) is 32.9. The van der Waals surface area contributed by atoms with E-state index in [0.717, 1.165) is 22.7 Å². The van der Waals surface area contributed by atoms with E-state index < -0.39 is 0 Å². The van der Waals surface area contributed by atoms with Crippen LogP contribution in [0.3, 0.4) is 0 Å². The second-order valence-corrected chi connectivity index (χ2v) is 26.9. The van der Waals surface area contributed by atoms with Crippen LogP contribution < -0.4 is 4.90 Å². The molecule has 0 unspecified atom stereocenters. The molecule has 0 atom stereocenters. The third-order valence-electron chi connectivity index (χ3n) is 21.0. The van der Waals surface area contributed by atoms with Crippen LogP contribution in [0.5, 0.6) is 0 Å². The molecule has 0 saturated carbocycles. The van der Waals surface area contributed by atoms with Gasteiger partial charge in [-0.15, -0.1) is 0 Å². The lowest BCUT2D eigenvalue weighted by Crippen LogP contribution is -2.18. The zero-order valence-corrected chi connectivity index (χ0v) is 52.8. The lowest BCUT2D eigenvalue weighted by atomic mass is 9.81. The van der Waals surface area contributed by atoms with Gasteiger partial charge >= 0.3 is 0 Å². The molecule has 17 aromatic rings. The zero-order chi connectivity index (χ0) is 62.6. The molecule has 4 heteroatoms. The topological polar surface area (TPSA) is 18.0 Å². The summed E-state index contributed by atoms with van der Waals surface area (Å²) in [5.41, 5.74) is 31.2. The molecule has 2 aliphatic rings. The fourth-order valence-electron chi connectivity index (χ4n) is 16.4. The van der Waals surface area contributed by atoms with Gasteiger partial charge < -0.3 is 18.6 Å². The normalized spacial score (nSPS) is 13.5. The third-order valence-corrected chi connectivity index (χ3v) is 21.0. The summed E-state index contributed by atoms with van der Waals surface area (Å²) in [7, 11) is 0. The number of anilines is 3. The van der Waals surface area contributed by atoms with Crippen molar-refractivity contribution in [2.24, 2.45) is 0 Å². The van der Waals surface area contributed by atoms with Gasteiger partial charge in [-0.2, -0.15) is 0 Å². The van der Waals surface area contributed by atoms with Crippen molar-refractivity contribution in [1.82, 2.24) is 13.7 Å². The van der Waals surface area contributed by atoms with E-state index in [1.807, 2.05) is 0 Å². The van der Waals surface area contributed by atoms with Crippen molar-refractivity contribution in [3.63, 3.8) is 0 Å². The van der Waals surface area contributed by atoms with Crippen molar-refractivity contribution < 1.29 is 0 Å². The van der Waals surface area contributed by atoms with Crippen LogP contribution in [0.1, 0.15) is 49.9 Å². The summed E-state index contributed by atoms with van der Waals surface area (Å²) in [5.74, 6) is 0. The first-order chi connectivity index (χ1) is 46.1. The maximum absolute atomic E-state index is 2.49. The van der Waals surface area contributed by atoms with E-state index in [4.69, 9.17) is 0 Å². The van der Waals surface area contributed by atoms with Crippen molar-refractivity contribution in [2.45, 2.75) is 38.5 Å². The Bertz CT molecular complexity index is 5900. The van der Waals surface area contributed by atoms with Crippen molar-refractivity contribution >= 4 is 82.5 Å². The molecule has 0 amide bonds. The Balaban J connectivity index is 0.694. The highest BCUT2D eigenvalue weighted by atomic mass is 15.1. The molecule has 0 aliphatic heterocycles. The Morgan fingerprint density at radius 1 is 0.213 bits per heavy atom. The Kier molecular flexibility index (Phi) is 11.7. The van der Waals surface area contributed by atoms with Crippen LogP contribution in [0, 0.1) is 0 Å². The fourth-order valence-corrected chi connectivity index (χ4v) is 16.4. The van der Waals surface area contributed by atoms with Gasteiger partial charge in [0.25, 0.3) is 0 Å². The van der Waals surface area contributed by atoms with Gasteiger partial charge in [-0.1, -0.05) is 222 Å². The van der Waals surface area contributed by atoms with E-state index in [1.54, 1.807) is 0 Å². The SMILES string of the molecule is CC1(C)c2cc(-c3ccc4c5ccccc5n(-c5ccccc5)c4c3)ccc2-c2ccc(N(c3ccc(-c4ccc(-c5ccc6c(c5)c5ccccc5n6-c5ccccc5)cc4)cc3)c3ccc4c(c3)C(C)(C)c3cc(-n5c6ccccc6c6ccccc65)ccc3-4)cc21. The minimum atomic E-state index is -0.288. The molecule has 0 bridgehead atoms. The summed E-state index contributed by atoms with van der Waals surface area (Å²) in [6.45, 7) is 9.65. The molecule has 2 aliphatic carbocycles. The Morgan fingerprint density at radius 3 is 1.07 bits per heavy atom. The molecule has 19 rings (SSSR count). The summed E-state index contributed by atoms with van der Waals surface area (Å²) in [4.78, 5) is 2.49. The smallest absolute Gasteiger partial charge is 0.0547 e. The Labute approximate surface area is 546 Å². The number of para-hydroxylation sites is 6. The molecule has 4 nitrogen and oxygen atoms in total. The van der Waals surface area contributed by atoms with Crippen LogP contribution in [0.15, 0.2) is 315 Å². The number of benzene rings is 14. The second-order valence-electron chi connectivity index (χ2n) is 26.9. The Hall–Kier alpha value is -11.7. The number of rotatable bonds is 9. The van der Waals surface area contributed by atoms with Gasteiger partial charge in [0.2, 0.25) is 0 Å². The molecule has 3 aromatic heterocycles. The molecule has 444 valence electrons. The van der Waals surface area contributed by atoms with Crippen LogP contribution in [0.2, 0.25) is 0 Å². The standard InChI is InChI=1S/C90H64N4/c1-89(2)79-52-61(62-38-46-77-75-25-13-15-27-83(75)93(88(77)53-62)64-21-9-6-10-22-64)37-45-69(79)70-47-42-66(54-80(70)89)91(67-43-48-71-72-49-44-68(56-82(72)90(3,4)81(71)55-67)94-84-28-16-11-23-73(84)74-24-12-17-29-85(74)94)65-40-35-58(36-41-65)57-31-33-59(34-32-57)60-39-50-87-78(51-60)76-26-14-18-30-86(76)92(87)63-19-7-5-8-20-63/h5-56H,1-4H3. The fraction of sp³-hybridized carbons (Fsp3) is 0.0667. The number of nitrogens with zero attached hydrogens (tertiary/aromatic N) is 4. The van der Waals surface area contributed by atoms with Gasteiger partial charge in [0.05, 0.1) is 33.1 Å². The molecule has 3 heterocycles. The monoisotopic (exact) mass is 1200 g/mol. The van der Waals surface area contributed by atoms with Crippen molar-refractivity contribution in [3.8, 4) is 72.7 Å². The number of hydrogen-bond acceptors (Lipinski definition) is 1. The molecule has 0 saturated heterocycles. The van der Waals surface area contributed by atoms with Crippen LogP contribution >= 0.6 is 0 Å². The predicted molar refractivity (Wildman–Crippen MR) is 396 cm³/mol. The first kappa shape index (κ1) is 54.1. The van der Waals surface area contributed by atoms with Gasteiger partial charge in [0, 0.05) is 77.3 Å². The molecular weight excluding hydrogens is 1140 g/mol. The number of fused-ring (bicyclic) bond motifs is 15. The van der Waals surface area contributed by atoms with E-state index in [1.165, 1.54) is 155 Å². The molecule has 0 spiro atoms. The molecule has 0 radical (unpaired) electrons. The maximum atomic E-state index is 2.49. The molecule has 94 heavy (non-hydrogen) atoms. The van der Waals surface area contributed by atoms with Gasteiger partial charge in [-0.3, -0.25) is 0 Å². The van der Waals surface area contributed by atoms with E-state index in [-0.39, 0.29) is 10.8 Å². The quantitative estimate of drug-likeness (QED) is 0.141. The summed E-state index contributed by atoms with van der Waals surface area (Å²) in [6, 6.07) is 118. The van der Waals surface area contributed by atoms with E-state index in [0.29, 0.717) is 0 Å². The predicted octanol–water partition coefficient (Wildman–Crippen LogP) is 24.1. The van der Waals surface area contributed by atoms with E-state index >= 15 is 0 Å². The third kappa shape index (κ3) is 8.06. The highest BCUT2D eigenvalue weighted by molar-refractivity contribution is 6.12. The average molecular weight is 1200 g/mol. The molecule has 0 fully saturated rings. The molecular formula is C90H64N4.